The van der Waals surface area contributed by atoms with Crippen LogP contribution in [0, 0.1) is 3.57 Å². The molecule has 17 heavy (non-hydrogen) atoms. The average molecular weight is 362 g/mol. The molecule has 0 radical (unpaired) electrons. The van der Waals surface area contributed by atoms with Crippen molar-refractivity contribution in [3.05, 3.63) is 26.8 Å². The highest BCUT2D eigenvalue weighted by atomic mass is 127. The zero-order chi connectivity index (χ0) is 13.2. The second kappa shape index (κ2) is 5.65. The smallest absolute Gasteiger partial charge is 0.387 e. The van der Waals surface area contributed by atoms with Crippen molar-refractivity contribution < 1.29 is 27.1 Å². The number of halogens is 5. The first kappa shape index (κ1) is 14.2. The summed E-state index contributed by atoms with van der Waals surface area (Å²) in [4.78, 5) is 11.2. The van der Waals surface area contributed by atoms with Gasteiger partial charge in [-0.1, -0.05) is 0 Å². The quantitative estimate of drug-likeness (QED) is 0.459. The zero-order valence-electron chi connectivity index (χ0n) is 8.52. The summed E-state index contributed by atoms with van der Waals surface area (Å²) in [7, 11) is 0. The Hall–Kier alpha value is -0.860. The van der Waals surface area contributed by atoms with Crippen LogP contribution in [0.25, 0.3) is 0 Å². The molecular weight excluding hydrogens is 355 g/mol. The van der Waals surface area contributed by atoms with E-state index in [1.54, 1.807) is 22.6 Å². The molecule has 1 rings (SSSR count). The number of carbonyl (C=O) groups is 1. The number of carbonyl (C=O) groups excluding carboxylic acids is 1. The average Bonchev–Trinajstić information content (AvgIpc) is 2.18. The molecule has 1 aromatic carbocycles. The molecule has 0 aliphatic rings. The van der Waals surface area contributed by atoms with Crippen LogP contribution in [0.4, 0.5) is 17.6 Å². The number of rotatable bonds is 4. The van der Waals surface area contributed by atoms with E-state index >= 15 is 0 Å². The van der Waals surface area contributed by atoms with Crippen LogP contribution in [0.5, 0.6) is 5.75 Å². The lowest BCUT2D eigenvalue weighted by Crippen LogP contribution is -2.06. The third-order valence-electron chi connectivity index (χ3n) is 1.91. The van der Waals surface area contributed by atoms with Crippen molar-refractivity contribution in [2.24, 2.45) is 0 Å². The Morgan fingerprint density at radius 3 is 2.29 bits per heavy atom. The van der Waals surface area contributed by atoms with Gasteiger partial charge in [0.05, 0.1) is 0 Å². The van der Waals surface area contributed by atoms with E-state index in [0.717, 1.165) is 12.1 Å². The lowest BCUT2D eigenvalue weighted by atomic mass is 10.1. The monoisotopic (exact) mass is 362 g/mol. The third kappa shape index (κ3) is 3.55. The van der Waals surface area contributed by atoms with Crippen molar-refractivity contribution in [2.75, 3.05) is 0 Å². The van der Waals surface area contributed by atoms with Gasteiger partial charge in [0.1, 0.15) is 5.75 Å². The molecule has 1 aromatic rings. The fourth-order valence-corrected chi connectivity index (χ4v) is 2.13. The second-order valence-corrected chi connectivity index (χ2v) is 4.19. The van der Waals surface area contributed by atoms with Crippen LogP contribution >= 0.6 is 22.6 Å². The Labute approximate surface area is 108 Å². The Balaban J connectivity index is 3.31. The van der Waals surface area contributed by atoms with Crippen molar-refractivity contribution in [3.63, 3.8) is 0 Å². The Morgan fingerprint density at radius 1 is 1.29 bits per heavy atom. The van der Waals surface area contributed by atoms with Crippen LogP contribution in [0.2, 0.25) is 0 Å². The van der Waals surface area contributed by atoms with Gasteiger partial charge in [-0.15, -0.1) is 0 Å². The Bertz CT molecular complexity index is 435. The number of ketones is 1. The second-order valence-electron chi connectivity index (χ2n) is 3.11. The van der Waals surface area contributed by atoms with E-state index in [-0.39, 0.29) is 9.13 Å². The van der Waals surface area contributed by atoms with Crippen LogP contribution in [-0.2, 0) is 0 Å². The van der Waals surface area contributed by atoms with Gasteiger partial charge in [-0.3, -0.25) is 4.79 Å². The molecular formula is C10H7F4IO2. The molecule has 0 bridgehead atoms. The number of hydrogen-bond acceptors (Lipinski definition) is 2. The van der Waals surface area contributed by atoms with Gasteiger partial charge in [0.2, 0.25) is 0 Å². The number of ether oxygens (including phenoxy) is 1. The van der Waals surface area contributed by atoms with Crippen molar-refractivity contribution in [2.45, 2.75) is 20.0 Å². The lowest BCUT2D eigenvalue weighted by Gasteiger charge is -2.11. The largest absolute Gasteiger partial charge is 0.435 e. The van der Waals surface area contributed by atoms with E-state index in [9.17, 15) is 22.4 Å². The predicted octanol–water partition coefficient (Wildman–Crippen LogP) is 4.03. The molecule has 0 unspecified atom stereocenters. The van der Waals surface area contributed by atoms with E-state index in [1.807, 2.05) is 0 Å². The summed E-state index contributed by atoms with van der Waals surface area (Å²) in [5, 5.41) is 0. The van der Waals surface area contributed by atoms with Crippen LogP contribution in [0.1, 0.15) is 29.3 Å². The summed E-state index contributed by atoms with van der Waals surface area (Å²) >= 11 is 1.58. The van der Waals surface area contributed by atoms with E-state index < -0.39 is 30.1 Å². The highest BCUT2D eigenvalue weighted by molar-refractivity contribution is 14.1. The van der Waals surface area contributed by atoms with Crippen molar-refractivity contribution >= 4 is 28.4 Å². The highest BCUT2D eigenvalue weighted by Gasteiger charge is 2.20. The highest BCUT2D eigenvalue weighted by Crippen LogP contribution is 2.32. The van der Waals surface area contributed by atoms with E-state index in [4.69, 9.17) is 0 Å². The van der Waals surface area contributed by atoms with E-state index in [1.165, 1.54) is 6.92 Å². The maximum Gasteiger partial charge on any atom is 0.387 e. The summed E-state index contributed by atoms with van der Waals surface area (Å²) in [5.74, 6) is -0.933. The number of alkyl halides is 4. The van der Waals surface area contributed by atoms with Crippen molar-refractivity contribution in [3.8, 4) is 5.75 Å². The topological polar surface area (TPSA) is 26.3 Å². The summed E-state index contributed by atoms with van der Waals surface area (Å²) in [6, 6.07) is 1.84. The molecule has 7 heteroatoms. The minimum atomic E-state index is -3.12. The van der Waals surface area contributed by atoms with Gasteiger partial charge in [-0.25, -0.2) is 8.78 Å². The molecule has 0 saturated carbocycles. The molecule has 94 valence electrons. The fourth-order valence-electron chi connectivity index (χ4n) is 1.21. The Kier molecular flexibility index (Phi) is 4.72. The number of benzene rings is 1. The minimum absolute atomic E-state index is 0.0479. The van der Waals surface area contributed by atoms with Gasteiger partial charge in [0.15, 0.2) is 5.78 Å². The van der Waals surface area contributed by atoms with E-state index in [0.29, 0.717) is 0 Å². The first-order valence-electron chi connectivity index (χ1n) is 4.40. The summed E-state index contributed by atoms with van der Waals surface area (Å²) in [6.45, 7) is -1.96. The van der Waals surface area contributed by atoms with Gasteiger partial charge in [-0.2, -0.15) is 8.78 Å². The molecule has 0 amide bonds. The first-order chi connectivity index (χ1) is 7.82. The molecule has 0 saturated heterocycles. The number of hydrogen-bond donors (Lipinski definition) is 0. The van der Waals surface area contributed by atoms with Crippen LogP contribution in [0.3, 0.4) is 0 Å². The summed E-state index contributed by atoms with van der Waals surface area (Å²) in [5.41, 5.74) is -0.548. The SMILES string of the molecule is CC(=O)c1cc(OC(F)F)cc(C(F)F)c1I. The molecule has 0 aromatic heterocycles. The van der Waals surface area contributed by atoms with Crippen molar-refractivity contribution in [1.29, 1.82) is 0 Å². The van der Waals surface area contributed by atoms with Gasteiger partial charge in [0.25, 0.3) is 6.43 Å². The molecule has 2 nitrogen and oxygen atoms in total. The van der Waals surface area contributed by atoms with Gasteiger partial charge < -0.3 is 4.74 Å². The normalized spacial score (nSPS) is 11.1. The third-order valence-corrected chi connectivity index (χ3v) is 3.12. The molecule has 0 N–H and O–H groups in total. The maximum absolute atomic E-state index is 12.6. The van der Waals surface area contributed by atoms with Crippen LogP contribution < -0.4 is 4.74 Å². The van der Waals surface area contributed by atoms with Crippen LogP contribution in [0.15, 0.2) is 12.1 Å². The summed E-state index contributed by atoms with van der Waals surface area (Å²) in [6.07, 6.45) is -2.86. The van der Waals surface area contributed by atoms with Gasteiger partial charge in [-0.05, 0) is 41.6 Å². The van der Waals surface area contributed by atoms with E-state index in [2.05, 4.69) is 4.74 Å². The predicted molar refractivity (Wildman–Crippen MR) is 60.8 cm³/mol. The minimum Gasteiger partial charge on any atom is -0.435 e. The van der Waals surface area contributed by atoms with Gasteiger partial charge in [0, 0.05) is 14.7 Å². The molecule has 0 fully saturated rings. The van der Waals surface area contributed by atoms with Gasteiger partial charge >= 0.3 is 6.61 Å². The first-order valence-corrected chi connectivity index (χ1v) is 5.48. The van der Waals surface area contributed by atoms with Crippen LogP contribution in [-0.4, -0.2) is 12.4 Å². The molecule has 0 heterocycles. The molecule has 0 aliphatic heterocycles. The van der Waals surface area contributed by atoms with Crippen molar-refractivity contribution in [1.82, 2.24) is 0 Å². The molecule has 0 spiro atoms. The number of Topliss-reactive ketones (excluding diaryl/α,β-unsaturated/α-hetero) is 1. The standard InChI is InChI=1S/C10H7F4IO2/c1-4(16)6-2-5(17-10(13)14)3-7(8(6)15)9(11)12/h2-3,9-10H,1H3. The molecule has 0 atom stereocenters. The maximum atomic E-state index is 12.6. The summed E-state index contributed by atoms with van der Waals surface area (Å²) < 4.78 is 53.3. The fraction of sp³-hybridized carbons (Fsp3) is 0.300. The Morgan fingerprint density at radius 2 is 1.88 bits per heavy atom. The molecule has 0 aliphatic carbocycles. The zero-order valence-corrected chi connectivity index (χ0v) is 10.7. The lowest BCUT2D eigenvalue weighted by molar-refractivity contribution is -0.0500.